The van der Waals surface area contributed by atoms with Crippen molar-refractivity contribution in [3.05, 3.63) is 142 Å². The van der Waals surface area contributed by atoms with Crippen LogP contribution >= 0.6 is 0 Å². The monoisotopic (exact) mass is 1030 g/mol. The van der Waals surface area contributed by atoms with Crippen LogP contribution in [0.25, 0.3) is 0 Å². The fraction of sp³-hybridized carbons (Fsp3) is 0.500. The van der Waals surface area contributed by atoms with E-state index in [1.54, 1.807) is 0 Å². The van der Waals surface area contributed by atoms with Gasteiger partial charge in [0.2, 0.25) is 0 Å². The number of benzene rings is 4. The molecule has 4 aromatic rings. The Kier molecular flexibility index (Phi) is 14.2. The van der Waals surface area contributed by atoms with Gasteiger partial charge in [0.15, 0.2) is 47.5 Å². The Bertz CT molecular complexity index is 2560. The van der Waals surface area contributed by atoms with Gasteiger partial charge in [0.1, 0.15) is 45.9 Å². The Morgan fingerprint density at radius 1 is 0.486 bits per heavy atom. The third-order valence-electron chi connectivity index (χ3n) is 15.4. The molecule has 20 heteroatoms. The molecule has 4 aromatic carbocycles. The number of hydrogen-bond donors (Lipinski definition) is 0. The van der Waals surface area contributed by atoms with Gasteiger partial charge in [0.05, 0.1) is 26.4 Å². The van der Waals surface area contributed by atoms with Gasteiger partial charge in [-0.2, -0.15) is 17.6 Å². The topological polar surface area (TPSA) is 55.4 Å². The normalized spacial score (nSPS) is 30.0. The maximum atomic E-state index is 14.6. The summed E-state index contributed by atoms with van der Waals surface area (Å²) in [6.07, 6.45) is 0.847. The largest absolute Gasteiger partial charge is 0.432 e. The smallest absolute Gasteiger partial charge is 0.429 e. The predicted molar refractivity (Wildman–Crippen MR) is 227 cm³/mol. The van der Waals surface area contributed by atoms with Gasteiger partial charge in [-0.25, -0.2) is 43.9 Å². The van der Waals surface area contributed by atoms with Crippen LogP contribution in [0.5, 0.6) is 11.5 Å². The van der Waals surface area contributed by atoms with Gasteiger partial charge < -0.3 is 28.4 Å². The number of allylic oxidation sites excluding steroid dienone is 1. The first-order valence-electron chi connectivity index (χ1n) is 23.5. The van der Waals surface area contributed by atoms with Crippen LogP contribution in [0.15, 0.2) is 61.2 Å². The lowest BCUT2D eigenvalue weighted by Crippen LogP contribution is -2.51. The average Bonchev–Trinajstić information content (AvgIpc) is 3.25. The summed E-state index contributed by atoms with van der Waals surface area (Å²) in [7, 11) is 0. The molecule has 0 unspecified atom stereocenters. The van der Waals surface area contributed by atoms with Crippen LogP contribution in [0, 0.1) is 105 Å². The van der Waals surface area contributed by atoms with Crippen LogP contribution in [0.4, 0.5) is 61.5 Å². The Labute approximate surface area is 404 Å². The highest BCUT2D eigenvalue weighted by molar-refractivity contribution is 5.34. The zero-order chi connectivity index (χ0) is 51.7. The molecule has 0 N–H and O–H groups in total. The van der Waals surface area contributed by atoms with Gasteiger partial charge in [-0.15, -0.1) is 6.58 Å². The first-order chi connectivity index (χ1) is 34.0. The second-order valence-corrected chi connectivity index (χ2v) is 20.3. The Morgan fingerprint density at radius 3 is 1.11 bits per heavy atom. The van der Waals surface area contributed by atoms with Crippen LogP contribution in [0.2, 0.25) is 0 Å². The molecule has 6 aliphatic rings. The highest BCUT2D eigenvalue weighted by Crippen LogP contribution is 2.64. The first-order valence-corrected chi connectivity index (χ1v) is 23.5. The zero-order valence-electron chi connectivity index (χ0n) is 38.5. The van der Waals surface area contributed by atoms with E-state index in [0.29, 0.717) is 79.3 Å². The van der Waals surface area contributed by atoms with Crippen molar-refractivity contribution in [3.8, 4) is 11.5 Å². The van der Waals surface area contributed by atoms with Crippen LogP contribution in [-0.2, 0) is 31.2 Å². The maximum absolute atomic E-state index is 14.6. The molecule has 72 heavy (non-hydrogen) atoms. The molecule has 2 saturated heterocycles. The highest BCUT2D eigenvalue weighted by Gasteiger charge is 2.55. The summed E-state index contributed by atoms with van der Waals surface area (Å²) in [6.45, 7) is 7.31. The highest BCUT2D eigenvalue weighted by atomic mass is 19.3. The summed E-state index contributed by atoms with van der Waals surface area (Å²) in [5.74, 6) is -17.3. The van der Waals surface area contributed by atoms with E-state index in [-0.39, 0.29) is 47.2 Å². The van der Waals surface area contributed by atoms with Crippen LogP contribution in [0.3, 0.4) is 0 Å². The van der Waals surface area contributed by atoms with E-state index < -0.39 is 106 Å². The van der Waals surface area contributed by atoms with Crippen molar-refractivity contribution in [1.82, 2.24) is 0 Å². The van der Waals surface area contributed by atoms with Gasteiger partial charge in [-0.1, -0.05) is 19.4 Å². The van der Waals surface area contributed by atoms with Crippen LogP contribution in [-0.4, -0.2) is 26.4 Å². The summed E-state index contributed by atoms with van der Waals surface area (Å²) in [4.78, 5) is 0. The van der Waals surface area contributed by atoms with Crippen molar-refractivity contribution in [1.29, 1.82) is 0 Å². The van der Waals surface area contributed by atoms with E-state index in [4.69, 9.17) is 18.9 Å². The maximum Gasteiger partial charge on any atom is 0.432 e. The Balaban J connectivity index is 0.000000178. The van der Waals surface area contributed by atoms with Crippen molar-refractivity contribution >= 4 is 0 Å². The SMILES string of the molecule is C=CC1CC2(C1)CC(C1COC(c3cc(F)c(C(F)(F)Oc4cc(F)c(F)c(F)c4)c(F)c3)OC1)C2.CCC1CC2(C1)CC(C1COC(c3cc(F)c(C(F)(F)Oc4cc(F)c(F)c(F)c4)c(F)c3)OC1)C2. The predicted octanol–water partition coefficient (Wildman–Crippen LogP) is 14.6. The molecule has 2 heterocycles. The molecule has 0 amide bonds. The van der Waals surface area contributed by atoms with Crippen molar-refractivity contribution in [2.24, 2.45) is 46.3 Å². The molecule has 390 valence electrons. The zero-order valence-corrected chi connectivity index (χ0v) is 38.5. The van der Waals surface area contributed by atoms with Crippen molar-refractivity contribution < 1.29 is 89.9 Å². The van der Waals surface area contributed by atoms with Crippen molar-refractivity contribution in [3.63, 3.8) is 0 Å². The number of alkyl halides is 4. The molecule has 6 fully saturated rings. The minimum Gasteiger partial charge on any atom is -0.429 e. The van der Waals surface area contributed by atoms with Gasteiger partial charge in [0.25, 0.3) is 0 Å². The third-order valence-corrected chi connectivity index (χ3v) is 15.4. The fourth-order valence-electron chi connectivity index (χ4n) is 11.7. The van der Waals surface area contributed by atoms with Crippen molar-refractivity contribution in [2.45, 2.75) is 89.5 Å². The van der Waals surface area contributed by atoms with E-state index in [9.17, 15) is 61.5 Å². The third kappa shape index (κ3) is 10.3. The molecule has 10 rings (SSSR count). The standard InChI is InChI=1S/C26H25F7O3.C26H23F7O3/c2*1-2-13-7-25(8-13)9-15(10-25)16-11-34-24(35-12-16)14-3-18(27)22(19(28)4-14)26(32,33)36-17-5-20(29)23(31)21(30)6-17/h3-6,13,15-16,24H,2,7-12H2,1H3;2-6,13,15-16,24H,1,7-12H2. The summed E-state index contributed by atoms with van der Waals surface area (Å²) in [5, 5.41) is 0. The number of halogens is 14. The second kappa shape index (κ2) is 19.7. The van der Waals surface area contributed by atoms with E-state index in [0.717, 1.165) is 44.4 Å². The minimum atomic E-state index is -4.66. The summed E-state index contributed by atoms with van der Waals surface area (Å²) >= 11 is 0. The second-order valence-electron chi connectivity index (χ2n) is 20.3. The molecule has 4 saturated carbocycles. The molecule has 0 radical (unpaired) electrons. The number of ether oxygens (including phenoxy) is 6. The molecule has 2 aliphatic heterocycles. The summed E-state index contributed by atoms with van der Waals surface area (Å²) in [5.41, 5.74) is -2.96. The lowest BCUT2D eigenvalue weighted by atomic mass is 9.46. The molecule has 0 aromatic heterocycles. The molecular formula is C52H48F14O6. The summed E-state index contributed by atoms with van der Waals surface area (Å²) < 4.78 is 227. The first kappa shape index (κ1) is 52.0. The Hall–Kier alpha value is -4.92. The molecule has 4 aliphatic carbocycles. The van der Waals surface area contributed by atoms with E-state index in [2.05, 4.69) is 23.0 Å². The van der Waals surface area contributed by atoms with E-state index >= 15 is 0 Å². The molecular weight excluding hydrogens is 987 g/mol. The van der Waals surface area contributed by atoms with E-state index in [1.807, 2.05) is 6.08 Å². The molecule has 0 bridgehead atoms. The van der Waals surface area contributed by atoms with Crippen LogP contribution in [0.1, 0.15) is 99.5 Å². The molecule has 0 atom stereocenters. The van der Waals surface area contributed by atoms with Gasteiger partial charge in [-0.05, 0) is 110 Å². The molecule has 2 spiro atoms. The Morgan fingerprint density at radius 2 is 0.806 bits per heavy atom. The lowest BCUT2D eigenvalue weighted by molar-refractivity contribution is -0.229. The van der Waals surface area contributed by atoms with Crippen molar-refractivity contribution in [2.75, 3.05) is 26.4 Å². The van der Waals surface area contributed by atoms with Gasteiger partial charge >= 0.3 is 12.2 Å². The average molecular weight is 1030 g/mol. The lowest BCUT2D eigenvalue weighted by Gasteiger charge is -2.60. The number of hydrogen-bond acceptors (Lipinski definition) is 6. The quantitative estimate of drug-likeness (QED) is 0.0801. The minimum absolute atomic E-state index is 0.128. The van der Waals surface area contributed by atoms with E-state index in [1.165, 1.54) is 19.3 Å². The van der Waals surface area contributed by atoms with Gasteiger partial charge in [0, 0.05) is 47.2 Å². The van der Waals surface area contributed by atoms with Crippen LogP contribution < -0.4 is 9.47 Å². The fourth-order valence-corrected chi connectivity index (χ4v) is 11.7. The summed E-state index contributed by atoms with van der Waals surface area (Å²) in [6, 6.07) is 3.13. The molecule has 6 nitrogen and oxygen atoms in total. The number of rotatable bonds is 12. The van der Waals surface area contributed by atoms with Gasteiger partial charge in [-0.3, -0.25) is 0 Å².